The number of nitrogens with zero attached hydrogens (tertiary/aromatic N) is 8. The lowest BCUT2D eigenvalue weighted by Gasteiger charge is -2.30. The van der Waals surface area contributed by atoms with Gasteiger partial charge in [0.2, 0.25) is 0 Å². The fraction of sp³-hybridized carbons (Fsp3) is 0.379. The number of nitrogens with one attached hydrogen (secondary N) is 2. The second-order valence-electron chi connectivity index (χ2n) is 10.4. The number of hydrogen-bond acceptors (Lipinski definition) is 9. The van der Waals surface area contributed by atoms with Gasteiger partial charge in [-0.15, -0.1) is 0 Å². The molecule has 3 N–H and O–H groups in total. The molecule has 45 heavy (non-hydrogen) atoms. The highest BCUT2D eigenvalue weighted by Crippen LogP contribution is 2.17. The van der Waals surface area contributed by atoms with Gasteiger partial charge < -0.3 is 25.0 Å². The van der Waals surface area contributed by atoms with Crippen LogP contribution in [0, 0.1) is 0 Å². The molecule has 0 unspecified atom stereocenters. The minimum absolute atomic E-state index is 0.0820. The fourth-order valence-electron chi connectivity index (χ4n) is 4.84. The van der Waals surface area contributed by atoms with Crippen LogP contribution >= 0.6 is 0 Å². The average Bonchev–Trinajstić information content (AvgIpc) is 3.75. The summed E-state index contributed by atoms with van der Waals surface area (Å²) < 4.78 is 7.76. The maximum atomic E-state index is 12.6. The molecule has 2 aliphatic heterocycles. The van der Waals surface area contributed by atoms with E-state index >= 15 is 0 Å². The Kier molecular flexibility index (Phi) is 9.62. The number of hydrogen-bond donors (Lipinski definition) is 3. The van der Waals surface area contributed by atoms with E-state index in [9.17, 15) is 19.2 Å². The van der Waals surface area contributed by atoms with E-state index in [1.165, 1.54) is 28.8 Å². The Morgan fingerprint density at radius 1 is 0.889 bits per heavy atom. The van der Waals surface area contributed by atoms with Crippen molar-refractivity contribution in [3.8, 4) is 11.4 Å². The van der Waals surface area contributed by atoms with Crippen LogP contribution in [0.25, 0.3) is 11.4 Å². The van der Waals surface area contributed by atoms with Crippen LogP contribution in [0.2, 0.25) is 0 Å². The first-order valence-electron chi connectivity index (χ1n) is 14.4. The lowest BCUT2D eigenvalue weighted by molar-refractivity contribution is 0.0300. The summed E-state index contributed by atoms with van der Waals surface area (Å²) in [7, 11) is 3.16. The third kappa shape index (κ3) is 7.06. The molecular weight excluding hydrogens is 584 g/mol. The van der Waals surface area contributed by atoms with E-state index in [4.69, 9.17) is 9.84 Å². The van der Waals surface area contributed by atoms with Crippen molar-refractivity contribution in [2.45, 2.75) is 12.8 Å². The Morgan fingerprint density at radius 2 is 1.49 bits per heavy atom. The van der Waals surface area contributed by atoms with E-state index in [1.54, 1.807) is 16.8 Å². The van der Waals surface area contributed by atoms with Gasteiger partial charge in [-0.1, -0.05) is 30.3 Å². The number of morpholine rings is 1. The van der Waals surface area contributed by atoms with Gasteiger partial charge in [0.25, 0.3) is 17.7 Å². The van der Waals surface area contributed by atoms with Crippen LogP contribution in [0.1, 0.15) is 53.9 Å². The van der Waals surface area contributed by atoms with Crippen molar-refractivity contribution < 1.29 is 29.0 Å². The summed E-state index contributed by atoms with van der Waals surface area (Å²) in [6, 6.07) is 9.67. The second-order valence-corrected chi connectivity index (χ2v) is 10.4. The summed E-state index contributed by atoms with van der Waals surface area (Å²) >= 11 is 0. The van der Waals surface area contributed by atoms with Gasteiger partial charge in [-0.2, -0.15) is 15.3 Å². The molecule has 1 aromatic carbocycles. The molecule has 0 bridgehead atoms. The second kappa shape index (κ2) is 13.9. The number of amides is 3. The van der Waals surface area contributed by atoms with Crippen molar-refractivity contribution in [2.75, 3.05) is 45.9 Å². The quantitative estimate of drug-likeness (QED) is 0.252. The number of aromatic carboxylic acids is 1. The molecule has 3 aromatic heterocycles. The molecule has 2 aliphatic rings. The standard InChI is InChI=1S/C19H21N7O2.C10H13N3O4/c1-25-16(14(12-21-25)19(28)26-10-5-11-26)18(27)20-9-8-15-22-17(24-23-15)13-6-3-2-4-7-13;1-12-8(10(15)16)7(6-11-12)9(14)13-2-4-17-5-3-13/h2-4,6-7,12H,5,8-11H2,1H3,(H,20,27)(H,22,23,24);6H,2-5H2,1H3,(H,15,16). The van der Waals surface area contributed by atoms with E-state index in [1.807, 2.05) is 30.3 Å². The minimum atomic E-state index is -1.15. The predicted molar refractivity (Wildman–Crippen MR) is 158 cm³/mol. The van der Waals surface area contributed by atoms with Gasteiger partial charge in [-0.05, 0) is 6.42 Å². The van der Waals surface area contributed by atoms with E-state index in [0.717, 1.165) is 25.1 Å². The van der Waals surface area contributed by atoms with Gasteiger partial charge in [-0.3, -0.25) is 28.8 Å². The number of aromatic nitrogens is 7. The molecule has 2 fully saturated rings. The van der Waals surface area contributed by atoms with Crippen LogP contribution in [-0.4, -0.2) is 119 Å². The van der Waals surface area contributed by atoms with E-state index in [-0.39, 0.29) is 34.7 Å². The average molecular weight is 619 g/mol. The first kappa shape index (κ1) is 31.1. The van der Waals surface area contributed by atoms with Crippen LogP contribution in [0.5, 0.6) is 0 Å². The van der Waals surface area contributed by atoms with Crippen molar-refractivity contribution in [2.24, 2.45) is 14.1 Å². The number of aryl methyl sites for hydroxylation is 2. The van der Waals surface area contributed by atoms with Crippen molar-refractivity contribution in [3.63, 3.8) is 0 Å². The molecule has 16 heteroatoms. The molecule has 236 valence electrons. The molecule has 16 nitrogen and oxygen atoms in total. The molecule has 0 radical (unpaired) electrons. The molecule has 4 aromatic rings. The number of carboxylic acids is 1. The molecule has 0 spiro atoms. The van der Waals surface area contributed by atoms with Crippen molar-refractivity contribution in [1.29, 1.82) is 0 Å². The van der Waals surface area contributed by atoms with Crippen molar-refractivity contribution in [3.05, 3.63) is 71.1 Å². The summed E-state index contributed by atoms with van der Waals surface area (Å²) in [6.07, 6.45) is 4.24. The Bertz CT molecular complexity index is 1670. The van der Waals surface area contributed by atoms with Gasteiger partial charge >= 0.3 is 5.97 Å². The fourth-order valence-corrected chi connectivity index (χ4v) is 4.84. The Morgan fingerprint density at radius 3 is 2.09 bits per heavy atom. The number of carbonyl (C=O) groups excluding carboxylic acids is 3. The lowest BCUT2D eigenvalue weighted by atomic mass is 10.1. The van der Waals surface area contributed by atoms with Gasteiger partial charge in [0.15, 0.2) is 11.5 Å². The molecular formula is C29H34N10O6. The highest BCUT2D eigenvalue weighted by molar-refractivity contribution is 6.06. The zero-order valence-corrected chi connectivity index (χ0v) is 25.0. The van der Waals surface area contributed by atoms with Gasteiger partial charge in [-0.25, -0.2) is 9.78 Å². The van der Waals surface area contributed by atoms with E-state index in [2.05, 4.69) is 30.7 Å². The largest absolute Gasteiger partial charge is 0.477 e. The molecule has 0 atom stereocenters. The Hall–Kier alpha value is -5.38. The number of H-pyrrole nitrogens is 1. The van der Waals surface area contributed by atoms with Crippen LogP contribution in [0.15, 0.2) is 42.7 Å². The number of benzene rings is 1. The highest BCUT2D eigenvalue weighted by atomic mass is 16.5. The number of carboxylic acid groups (broad SMARTS) is 1. The van der Waals surface area contributed by atoms with Gasteiger partial charge in [0.05, 0.1) is 36.7 Å². The molecule has 0 aliphatic carbocycles. The SMILES string of the molecule is Cn1ncc(C(=O)N2CCC2)c1C(=O)NCCc1nc(-c2ccccc2)n[nH]1.Cn1ncc(C(=O)N2CCOCC2)c1C(=O)O. The zero-order valence-electron chi connectivity index (χ0n) is 25.0. The Balaban J connectivity index is 0.000000201. The topological polar surface area (TPSA) is 193 Å². The van der Waals surface area contributed by atoms with Crippen molar-refractivity contribution in [1.82, 2.24) is 49.9 Å². The molecule has 3 amide bonds. The summed E-state index contributed by atoms with van der Waals surface area (Å²) in [5.74, 6) is -0.628. The maximum Gasteiger partial charge on any atom is 0.354 e. The summed E-state index contributed by atoms with van der Waals surface area (Å²) in [5.41, 5.74) is 1.59. The molecule has 2 saturated heterocycles. The monoisotopic (exact) mass is 618 g/mol. The minimum Gasteiger partial charge on any atom is -0.477 e. The molecule has 6 rings (SSSR count). The number of aromatic amines is 1. The van der Waals surface area contributed by atoms with Crippen LogP contribution in [-0.2, 0) is 25.3 Å². The summed E-state index contributed by atoms with van der Waals surface area (Å²) in [5, 5.41) is 26.9. The number of likely N-dealkylation sites (tertiary alicyclic amines) is 1. The first-order valence-corrected chi connectivity index (χ1v) is 14.4. The lowest BCUT2D eigenvalue weighted by Crippen LogP contribution is -2.43. The molecule has 0 saturated carbocycles. The highest BCUT2D eigenvalue weighted by Gasteiger charge is 2.29. The third-order valence-corrected chi connectivity index (χ3v) is 7.41. The van der Waals surface area contributed by atoms with Crippen LogP contribution in [0.4, 0.5) is 0 Å². The van der Waals surface area contributed by atoms with Crippen molar-refractivity contribution >= 4 is 23.7 Å². The van der Waals surface area contributed by atoms with Crippen LogP contribution < -0.4 is 5.32 Å². The van der Waals surface area contributed by atoms with E-state index in [0.29, 0.717) is 56.5 Å². The van der Waals surface area contributed by atoms with E-state index < -0.39 is 5.97 Å². The predicted octanol–water partition coefficient (Wildman–Crippen LogP) is 0.614. The zero-order chi connectivity index (χ0) is 31.9. The van der Waals surface area contributed by atoms with Gasteiger partial charge in [0, 0.05) is 58.8 Å². The smallest absolute Gasteiger partial charge is 0.354 e. The Labute approximate surface area is 258 Å². The van der Waals surface area contributed by atoms with Crippen LogP contribution in [0.3, 0.4) is 0 Å². The summed E-state index contributed by atoms with van der Waals surface area (Å²) in [6.45, 7) is 3.74. The maximum absolute atomic E-state index is 12.6. The third-order valence-electron chi connectivity index (χ3n) is 7.41. The number of carbonyl (C=O) groups is 4. The summed E-state index contributed by atoms with van der Waals surface area (Å²) in [4.78, 5) is 55.9. The number of ether oxygens (including phenoxy) is 1. The first-order chi connectivity index (χ1) is 21.7. The van der Waals surface area contributed by atoms with Gasteiger partial charge in [0.1, 0.15) is 11.5 Å². The molecule has 5 heterocycles. The number of rotatable bonds is 8. The normalized spacial score (nSPS) is 14.3.